The van der Waals surface area contributed by atoms with Crippen molar-refractivity contribution in [2.45, 2.75) is 25.7 Å². The fourth-order valence-electron chi connectivity index (χ4n) is 3.34. The Morgan fingerprint density at radius 2 is 1.80 bits per heavy atom. The number of nitrogens with one attached hydrogen (secondary N) is 1. The standard InChI is InChI=1S/C21H23N3O/c1-21(2)17-11-7-8-12-18(17)24(3)19(21)13-14-22-23-20(25)15-16-9-5-4-6-10-16/h4-14H,15H2,1-3H3,(H,23,25). The smallest absolute Gasteiger partial charge is 0.244 e. The molecule has 2 aromatic rings. The highest BCUT2D eigenvalue weighted by Gasteiger charge is 2.37. The second kappa shape index (κ2) is 6.93. The summed E-state index contributed by atoms with van der Waals surface area (Å²) < 4.78 is 0. The van der Waals surface area contributed by atoms with Crippen LogP contribution in [0, 0.1) is 0 Å². The molecule has 0 aromatic heterocycles. The van der Waals surface area contributed by atoms with E-state index >= 15 is 0 Å². The van der Waals surface area contributed by atoms with Crippen LogP contribution >= 0.6 is 0 Å². The van der Waals surface area contributed by atoms with Crippen LogP contribution in [-0.2, 0) is 16.6 Å². The fourth-order valence-corrected chi connectivity index (χ4v) is 3.34. The second-order valence-electron chi connectivity index (χ2n) is 6.73. The lowest BCUT2D eigenvalue weighted by Gasteiger charge is -2.23. The van der Waals surface area contributed by atoms with Gasteiger partial charge in [-0.2, -0.15) is 5.10 Å². The number of hydrazone groups is 1. The maximum absolute atomic E-state index is 11.9. The van der Waals surface area contributed by atoms with Gasteiger partial charge in [0.25, 0.3) is 0 Å². The van der Waals surface area contributed by atoms with Gasteiger partial charge in [0.05, 0.1) is 6.42 Å². The molecule has 1 aliphatic heterocycles. The van der Waals surface area contributed by atoms with Gasteiger partial charge >= 0.3 is 0 Å². The first-order valence-electron chi connectivity index (χ1n) is 8.40. The van der Waals surface area contributed by atoms with Crippen molar-refractivity contribution in [3.05, 3.63) is 77.5 Å². The summed E-state index contributed by atoms with van der Waals surface area (Å²) >= 11 is 0. The van der Waals surface area contributed by atoms with Gasteiger partial charge in [-0.3, -0.25) is 4.79 Å². The molecule has 1 N–H and O–H groups in total. The number of fused-ring (bicyclic) bond motifs is 1. The van der Waals surface area contributed by atoms with Crippen LogP contribution in [0.5, 0.6) is 0 Å². The third-order valence-corrected chi connectivity index (χ3v) is 4.64. The average Bonchev–Trinajstić information content (AvgIpc) is 2.80. The minimum Gasteiger partial charge on any atom is -0.347 e. The molecular weight excluding hydrogens is 310 g/mol. The molecule has 4 nitrogen and oxygen atoms in total. The molecule has 0 aliphatic carbocycles. The van der Waals surface area contributed by atoms with E-state index in [2.05, 4.69) is 54.5 Å². The Morgan fingerprint density at radius 3 is 2.52 bits per heavy atom. The summed E-state index contributed by atoms with van der Waals surface area (Å²) in [7, 11) is 2.06. The van der Waals surface area contributed by atoms with Crippen LogP contribution in [0.2, 0.25) is 0 Å². The van der Waals surface area contributed by atoms with Crippen molar-refractivity contribution < 1.29 is 4.79 Å². The lowest BCUT2D eigenvalue weighted by Crippen LogP contribution is -2.23. The van der Waals surface area contributed by atoms with Crippen molar-refractivity contribution in [1.82, 2.24) is 5.43 Å². The van der Waals surface area contributed by atoms with Gasteiger partial charge in [-0.25, -0.2) is 5.43 Å². The molecule has 1 heterocycles. The zero-order chi connectivity index (χ0) is 17.9. The molecule has 0 bridgehead atoms. The minimum atomic E-state index is -0.122. The Labute approximate surface area is 148 Å². The maximum Gasteiger partial charge on any atom is 0.244 e. The average molecular weight is 333 g/mol. The first-order chi connectivity index (χ1) is 12.0. The molecule has 4 heteroatoms. The minimum absolute atomic E-state index is 0.0919. The number of hydrogen-bond acceptors (Lipinski definition) is 3. The maximum atomic E-state index is 11.9. The van der Waals surface area contributed by atoms with Gasteiger partial charge in [0.1, 0.15) is 0 Å². The highest BCUT2D eigenvalue weighted by atomic mass is 16.2. The highest BCUT2D eigenvalue weighted by molar-refractivity contribution is 5.82. The van der Waals surface area contributed by atoms with Gasteiger partial charge < -0.3 is 4.90 Å². The summed E-state index contributed by atoms with van der Waals surface area (Å²) in [5, 5.41) is 4.07. The number of nitrogens with zero attached hydrogens (tertiary/aromatic N) is 2. The molecule has 0 radical (unpaired) electrons. The topological polar surface area (TPSA) is 44.7 Å². The van der Waals surface area contributed by atoms with Crippen molar-refractivity contribution in [3.8, 4) is 0 Å². The summed E-state index contributed by atoms with van der Waals surface area (Å²) in [6.45, 7) is 4.39. The number of benzene rings is 2. The van der Waals surface area contributed by atoms with Gasteiger partial charge in [-0.15, -0.1) is 0 Å². The number of anilines is 1. The summed E-state index contributed by atoms with van der Waals surface area (Å²) in [6.07, 6.45) is 3.94. The molecule has 2 aromatic carbocycles. The van der Waals surface area contributed by atoms with E-state index in [9.17, 15) is 4.79 Å². The molecule has 0 fully saturated rings. The Kier molecular flexibility index (Phi) is 4.70. The zero-order valence-electron chi connectivity index (χ0n) is 14.9. The molecule has 1 aliphatic rings. The van der Waals surface area contributed by atoms with Crippen molar-refractivity contribution in [3.63, 3.8) is 0 Å². The molecule has 1 amide bonds. The van der Waals surface area contributed by atoms with E-state index in [4.69, 9.17) is 0 Å². The van der Waals surface area contributed by atoms with E-state index in [0.29, 0.717) is 6.42 Å². The molecule has 25 heavy (non-hydrogen) atoms. The highest BCUT2D eigenvalue weighted by Crippen LogP contribution is 2.46. The molecule has 128 valence electrons. The quantitative estimate of drug-likeness (QED) is 0.686. The van der Waals surface area contributed by atoms with Crippen LogP contribution in [-0.4, -0.2) is 19.2 Å². The Bertz CT molecular complexity index is 822. The first kappa shape index (κ1) is 17.0. The number of carbonyl (C=O) groups is 1. The zero-order valence-corrected chi connectivity index (χ0v) is 14.9. The lowest BCUT2D eigenvalue weighted by molar-refractivity contribution is -0.120. The van der Waals surface area contributed by atoms with Crippen molar-refractivity contribution in [1.29, 1.82) is 0 Å². The summed E-state index contributed by atoms with van der Waals surface area (Å²) in [5.41, 5.74) is 7.12. The van der Waals surface area contributed by atoms with Crippen LogP contribution in [0.1, 0.15) is 25.0 Å². The lowest BCUT2D eigenvalue weighted by atomic mass is 9.84. The Balaban J connectivity index is 1.66. The number of rotatable bonds is 4. The van der Waals surface area contributed by atoms with E-state index in [-0.39, 0.29) is 11.3 Å². The van der Waals surface area contributed by atoms with Crippen molar-refractivity contribution in [2.24, 2.45) is 5.10 Å². The summed E-state index contributed by atoms with van der Waals surface area (Å²) in [5.74, 6) is -0.122. The van der Waals surface area contributed by atoms with Crippen LogP contribution in [0.3, 0.4) is 0 Å². The van der Waals surface area contributed by atoms with Crippen molar-refractivity contribution in [2.75, 3.05) is 11.9 Å². The third kappa shape index (κ3) is 3.48. The number of carbonyl (C=O) groups excluding carboxylic acids is 1. The van der Waals surface area contributed by atoms with Crippen LogP contribution in [0.4, 0.5) is 5.69 Å². The number of hydrogen-bond donors (Lipinski definition) is 1. The van der Waals surface area contributed by atoms with Gasteiger partial charge in [0.2, 0.25) is 5.91 Å². The predicted octanol–water partition coefficient (Wildman–Crippen LogP) is 3.64. The molecule has 0 atom stereocenters. The van der Waals surface area contributed by atoms with Gasteiger partial charge in [-0.05, 0) is 23.3 Å². The largest absolute Gasteiger partial charge is 0.347 e. The van der Waals surface area contributed by atoms with Gasteiger partial charge in [0, 0.05) is 30.1 Å². The molecule has 0 saturated carbocycles. The number of allylic oxidation sites excluding steroid dienone is 2. The number of para-hydroxylation sites is 1. The summed E-state index contributed by atoms with van der Waals surface area (Å²) in [4.78, 5) is 14.1. The normalized spacial score (nSPS) is 17.1. The summed E-state index contributed by atoms with van der Waals surface area (Å²) in [6, 6.07) is 18.0. The van der Waals surface area contributed by atoms with Crippen molar-refractivity contribution >= 4 is 17.8 Å². The second-order valence-corrected chi connectivity index (χ2v) is 6.73. The first-order valence-corrected chi connectivity index (χ1v) is 8.40. The van der Waals surface area contributed by atoms with Crippen LogP contribution in [0.15, 0.2) is 71.5 Å². The van der Waals surface area contributed by atoms with Crippen LogP contribution < -0.4 is 10.3 Å². The Hall–Kier alpha value is -2.88. The molecule has 0 unspecified atom stereocenters. The fraction of sp³-hybridized carbons (Fsp3) is 0.238. The SMILES string of the molecule is CN1C(=CC=NNC(=O)Cc2ccccc2)C(C)(C)c2ccccc21. The molecular formula is C21H23N3O. The predicted molar refractivity (Wildman–Crippen MR) is 103 cm³/mol. The van der Waals surface area contributed by atoms with E-state index in [1.807, 2.05) is 42.5 Å². The molecule has 3 rings (SSSR count). The van der Waals surface area contributed by atoms with E-state index < -0.39 is 0 Å². The van der Waals surface area contributed by atoms with E-state index in [1.54, 1.807) is 6.21 Å². The van der Waals surface area contributed by atoms with Crippen LogP contribution in [0.25, 0.3) is 0 Å². The van der Waals surface area contributed by atoms with Gasteiger partial charge in [-0.1, -0.05) is 62.4 Å². The number of amides is 1. The number of likely N-dealkylation sites (N-methyl/N-ethyl adjacent to an activating group) is 1. The molecule has 0 saturated heterocycles. The monoisotopic (exact) mass is 333 g/mol. The third-order valence-electron chi connectivity index (χ3n) is 4.64. The molecule has 0 spiro atoms. The van der Waals surface area contributed by atoms with E-state index in [0.717, 1.165) is 11.3 Å². The Morgan fingerprint density at radius 1 is 1.12 bits per heavy atom. The van der Waals surface area contributed by atoms with E-state index in [1.165, 1.54) is 11.3 Å². The van der Waals surface area contributed by atoms with Gasteiger partial charge in [0.15, 0.2) is 0 Å².